The smallest absolute Gasteiger partial charge is 0.221 e. The number of amides is 1. The van der Waals surface area contributed by atoms with Crippen molar-refractivity contribution in [3.05, 3.63) is 53.6 Å². The van der Waals surface area contributed by atoms with E-state index in [1.807, 2.05) is 6.92 Å². The van der Waals surface area contributed by atoms with Crippen molar-refractivity contribution in [3.63, 3.8) is 0 Å². The minimum Gasteiger partial charge on any atom is -0.506 e. The summed E-state index contributed by atoms with van der Waals surface area (Å²) in [5.41, 5.74) is 3.09. The van der Waals surface area contributed by atoms with Crippen LogP contribution in [0.4, 0.5) is 5.69 Å². The standard InChI is InChI=1S/C23H30N2O3/c1-16-4-6-19(7-5-16)14-20-10-12-25(13-11-20)18(3)28-21-8-9-23(27)22(15-21)24-17(2)26/h4-9,15,18,20,27H,10-14H2,1-3H3,(H,24,26). The second-order valence-electron chi connectivity index (χ2n) is 7.75. The molecule has 1 fully saturated rings. The zero-order valence-corrected chi connectivity index (χ0v) is 16.9. The Hall–Kier alpha value is -2.53. The molecule has 1 amide bonds. The van der Waals surface area contributed by atoms with E-state index in [1.54, 1.807) is 18.2 Å². The average molecular weight is 383 g/mol. The normalized spacial score (nSPS) is 16.5. The monoisotopic (exact) mass is 382 g/mol. The molecule has 0 spiro atoms. The molecule has 3 rings (SSSR count). The van der Waals surface area contributed by atoms with Gasteiger partial charge >= 0.3 is 0 Å². The van der Waals surface area contributed by atoms with E-state index in [4.69, 9.17) is 4.74 Å². The number of aromatic hydroxyl groups is 1. The van der Waals surface area contributed by atoms with Gasteiger partial charge in [0, 0.05) is 26.1 Å². The lowest BCUT2D eigenvalue weighted by Gasteiger charge is -2.36. The molecular formula is C23H30N2O3. The number of nitrogens with one attached hydrogen (secondary N) is 1. The molecular weight excluding hydrogens is 352 g/mol. The number of aryl methyl sites for hydroxylation is 1. The zero-order valence-electron chi connectivity index (χ0n) is 16.9. The van der Waals surface area contributed by atoms with E-state index in [1.165, 1.54) is 18.1 Å². The van der Waals surface area contributed by atoms with Crippen molar-refractivity contribution in [1.82, 2.24) is 4.90 Å². The highest BCUT2D eigenvalue weighted by molar-refractivity contribution is 5.90. The molecule has 1 unspecified atom stereocenters. The lowest BCUT2D eigenvalue weighted by atomic mass is 9.90. The first-order valence-electron chi connectivity index (χ1n) is 9.97. The Labute approximate surface area is 167 Å². The molecule has 5 heteroatoms. The summed E-state index contributed by atoms with van der Waals surface area (Å²) in [6, 6.07) is 13.8. The van der Waals surface area contributed by atoms with Gasteiger partial charge in [-0.05, 0) is 56.7 Å². The molecule has 150 valence electrons. The number of likely N-dealkylation sites (tertiary alicyclic amines) is 1. The third kappa shape index (κ3) is 5.49. The maximum absolute atomic E-state index is 11.3. The van der Waals surface area contributed by atoms with Crippen molar-refractivity contribution >= 4 is 11.6 Å². The fourth-order valence-corrected chi connectivity index (χ4v) is 3.73. The number of rotatable bonds is 6. The van der Waals surface area contributed by atoms with Gasteiger partial charge < -0.3 is 15.2 Å². The van der Waals surface area contributed by atoms with Crippen LogP contribution in [-0.4, -0.2) is 35.2 Å². The topological polar surface area (TPSA) is 61.8 Å². The first kappa shape index (κ1) is 20.2. The Morgan fingerprint density at radius 3 is 2.54 bits per heavy atom. The van der Waals surface area contributed by atoms with Gasteiger partial charge in [-0.1, -0.05) is 29.8 Å². The van der Waals surface area contributed by atoms with Crippen molar-refractivity contribution in [2.24, 2.45) is 5.92 Å². The largest absolute Gasteiger partial charge is 0.506 e. The second kappa shape index (κ2) is 9.11. The Morgan fingerprint density at radius 1 is 1.21 bits per heavy atom. The maximum atomic E-state index is 11.3. The molecule has 0 radical (unpaired) electrons. The fraction of sp³-hybridized carbons (Fsp3) is 0.435. The summed E-state index contributed by atoms with van der Waals surface area (Å²) in [7, 11) is 0. The molecule has 0 aromatic heterocycles. The minimum absolute atomic E-state index is 0.0344. The van der Waals surface area contributed by atoms with E-state index in [0.717, 1.165) is 32.4 Å². The van der Waals surface area contributed by atoms with E-state index in [0.29, 0.717) is 17.4 Å². The third-order valence-electron chi connectivity index (χ3n) is 5.39. The number of nitrogens with zero attached hydrogens (tertiary/aromatic N) is 1. The van der Waals surface area contributed by atoms with Crippen LogP contribution >= 0.6 is 0 Å². The predicted molar refractivity (Wildman–Crippen MR) is 112 cm³/mol. The van der Waals surface area contributed by atoms with Crippen LogP contribution < -0.4 is 10.1 Å². The lowest BCUT2D eigenvalue weighted by molar-refractivity contribution is -0.114. The van der Waals surface area contributed by atoms with Gasteiger partial charge in [0.2, 0.25) is 5.91 Å². The van der Waals surface area contributed by atoms with Crippen molar-refractivity contribution in [3.8, 4) is 11.5 Å². The van der Waals surface area contributed by atoms with Gasteiger partial charge in [0.05, 0.1) is 5.69 Å². The minimum atomic E-state index is -0.226. The summed E-state index contributed by atoms with van der Waals surface area (Å²) in [6.07, 6.45) is 3.40. The number of benzene rings is 2. The summed E-state index contributed by atoms with van der Waals surface area (Å²) < 4.78 is 6.06. The Kier molecular flexibility index (Phi) is 6.57. The van der Waals surface area contributed by atoms with Crippen LogP contribution in [0.15, 0.2) is 42.5 Å². The Balaban J connectivity index is 1.51. The van der Waals surface area contributed by atoms with Gasteiger partial charge in [-0.15, -0.1) is 0 Å². The molecule has 1 saturated heterocycles. The summed E-state index contributed by atoms with van der Waals surface area (Å²) in [5, 5.41) is 12.5. The zero-order chi connectivity index (χ0) is 20.1. The first-order valence-corrected chi connectivity index (χ1v) is 9.97. The van der Waals surface area contributed by atoms with Gasteiger partial charge in [-0.3, -0.25) is 9.69 Å². The molecule has 0 aliphatic carbocycles. The number of phenols is 1. The Morgan fingerprint density at radius 2 is 1.89 bits per heavy atom. The van der Waals surface area contributed by atoms with Crippen LogP contribution in [0.3, 0.4) is 0 Å². The lowest BCUT2D eigenvalue weighted by Crippen LogP contribution is -2.43. The summed E-state index contributed by atoms with van der Waals surface area (Å²) >= 11 is 0. The molecule has 0 saturated carbocycles. The van der Waals surface area contributed by atoms with Crippen LogP contribution in [0.2, 0.25) is 0 Å². The van der Waals surface area contributed by atoms with E-state index >= 15 is 0 Å². The van der Waals surface area contributed by atoms with Gasteiger partial charge in [0.25, 0.3) is 0 Å². The van der Waals surface area contributed by atoms with E-state index in [2.05, 4.69) is 41.4 Å². The summed E-state index contributed by atoms with van der Waals surface area (Å²) in [5.74, 6) is 1.16. The van der Waals surface area contributed by atoms with Crippen LogP contribution in [0.5, 0.6) is 11.5 Å². The van der Waals surface area contributed by atoms with Gasteiger partial charge in [0.15, 0.2) is 0 Å². The first-order chi connectivity index (χ1) is 13.4. The van der Waals surface area contributed by atoms with Crippen LogP contribution in [-0.2, 0) is 11.2 Å². The van der Waals surface area contributed by atoms with E-state index in [-0.39, 0.29) is 17.9 Å². The van der Waals surface area contributed by atoms with Crippen molar-refractivity contribution in [1.29, 1.82) is 0 Å². The molecule has 2 aromatic rings. The number of piperidine rings is 1. The number of carbonyl (C=O) groups is 1. The molecule has 2 aromatic carbocycles. The highest BCUT2D eigenvalue weighted by atomic mass is 16.5. The van der Waals surface area contributed by atoms with E-state index < -0.39 is 0 Å². The third-order valence-corrected chi connectivity index (χ3v) is 5.39. The number of ether oxygens (including phenoxy) is 1. The van der Waals surface area contributed by atoms with Crippen LogP contribution in [0.1, 0.15) is 37.8 Å². The number of phenolic OH excluding ortho intramolecular Hbond substituents is 1. The van der Waals surface area contributed by atoms with Crippen molar-refractivity contribution < 1.29 is 14.6 Å². The number of hydrogen-bond acceptors (Lipinski definition) is 4. The quantitative estimate of drug-likeness (QED) is 0.730. The SMILES string of the molecule is CC(=O)Nc1cc(OC(C)N2CCC(Cc3ccc(C)cc3)CC2)ccc1O. The molecule has 1 aliphatic heterocycles. The van der Waals surface area contributed by atoms with Gasteiger partial charge in [0.1, 0.15) is 17.7 Å². The van der Waals surface area contributed by atoms with Gasteiger partial charge in [-0.25, -0.2) is 0 Å². The summed E-state index contributed by atoms with van der Waals surface area (Å²) in [4.78, 5) is 13.6. The molecule has 0 bridgehead atoms. The van der Waals surface area contributed by atoms with Crippen LogP contribution in [0.25, 0.3) is 0 Å². The van der Waals surface area contributed by atoms with E-state index in [9.17, 15) is 9.90 Å². The van der Waals surface area contributed by atoms with Crippen molar-refractivity contribution in [2.75, 3.05) is 18.4 Å². The summed E-state index contributed by atoms with van der Waals surface area (Å²) in [6.45, 7) is 7.60. The van der Waals surface area contributed by atoms with Crippen LogP contribution in [0, 0.1) is 12.8 Å². The molecule has 1 aliphatic rings. The fourth-order valence-electron chi connectivity index (χ4n) is 3.73. The molecule has 1 heterocycles. The number of carbonyl (C=O) groups excluding carboxylic acids is 1. The molecule has 2 N–H and O–H groups in total. The van der Waals surface area contributed by atoms with Gasteiger partial charge in [-0.2, -0.15) is 0 Å². The molecule has 1 atom stereocenters. The number of hydrogen-bond donors (Lipinski definition) is 2. The molecule has 5 nitrogen and oxygen atoms in total. The number of anilines is 1. The highest BCUT2D eigenvalue weighted by Gasteiger charge is 2.24. The predicted octanol–water partition coefficient (Wildman–Crippen LogP) is 4.34. The average Bonchev–Trinajstić information content (AvgIpc) is 2.66. The van der Waals surface area contributed by atoms with Crippen molar-refractivity contribution in [2.45, 2.75) is 46.3 Å². The second-order valence-corrected chi connectivity index (χ2v) is 7.75. The Bertz CT molecular complexity index is 796. The highest BCUT2D eigenvalue weighted by Crippen LogP contribution is 2.29. The molecule has 28 heavy (non-hydrogen) atoms. The maximum Gasteiger partial charge on any atom is 0.221 e.